The van der Waals surface area contributed by atoms with Gasteiger partial charge in [-0.1, -0.05) is 12.1 Å². The van der Waals surface area contributed by atoms with Gasteiger partial charge in [0.15, 0.2) is 35.7 Å². The molecule has 4 aromatic rings. The summed E-state index contributed by atoms with van der Waals surface area (Å²) in [5.74, 6) is 3.26. The molecule has 0 amide bonds. The Hall–Kier alpha value is -4.33. The molecule has 4 N–H and O–H groups in total. The molecule has 0 spiro atoms. The summed E-state index contributed by atoms with van der Waals surface area (Å²) < 4.78 is 34.8. The zero-order valence-corrected chi connectivity index (χ0v) is 24.1. The Morgan fingerprint density at radius 2 is 1.66 bits per heavy atom. The summed E-state index contributed by atoms with van der Waals surface area (Å²) in [4.78, 5) is 0. The van der Waals surface area contributed by atoms with Crippen molar-refractivity contribution >= 4 is 10.8 Å². The number of methoxy groups -OCH3 is 2. The number of nitrogens with zero attached hydrogens (tertiary/aromatic N) is 1. The van der Waals surface area contributed by atoms with E-state index in [0.29, 0.717) is 6.79 Å². The van der Waals surface area contributed by atoms with Crippen LogP contribution in [-0.2, 0) is 17.7 Å². The number of aliphatic hydroxyl groups is 4. The molecule has 0 unspecified atom stereocenters. The fourth-order valence-corrected chi connectivity index (χ4v) is 5.59. The van der Waals surface area contributed by atoms with Gasteiger partial charge in [-0.2, -0.15) is 4.57 Å². The summed E-state index contributed by atoms with van der Waals surface area (Å²) in [5, 5.41) is 51.0. The fourth-order valence-electron chi connectivity index (χ4n) is 5.59. The van der Waals surface area contributed by atoms with Crippen molar-refractivity contribution in [1.29, 1.82) is 0 Å². The van der Waals surface area contributed by atoms with Crippen LogP contribution in [0.2, 0.25) is 0 Å². The number of benzene rings is 3. The van der Waals surface area contributed by atoms with E-state index in [4.69, 9.17) is 33.5 Å². The van der Waals surface area contributed by atoms with Gasteiger partial charge in [-0.25, -0.2) is 0 Å². The number of rotatable bonds is 5. The topological polar surface area (TPSA) is 163 Å². The van der Waals surface area contributed by atoms with Crippen LogP contribution in [0.4, 0.5) is 0 Å². The van der Waals surface area contributed by atoms with Gasteiger partial charge in [0.2, 0.25) is 18.8 Å². The van der Waals surface area contributed by atoms with Gasteiger partial charge in [0.05, 0.1) is 31.8 Å². The Bertz CT molecular complexity index is 1640. The van der Waals surface area contributed by atoms with Gasteiger partial charge >= 0.3 is 0 Å². The maximum atomic E-state index is 10.9. The number of ether oxygens (including phenoxy) is 6. The van der Waals surface area contributed by atoms with Crippen molar-refractivity contribution < 1.29 is 58.5 Å². The zero-order valence-electron chi connectivity index (χ0n) is 24.1. The van der Waals surface area contributed by atoms with Gasteiger partial charge in [-0.15, -0.1) is 5.75 Å². The minimum absolute atomic E-state index is 0.193. The van der Waals surface area contributed by atoms with Crippen LogP contribution >= 0.6 is 0 Å². The lowest BCUT2D eigenvalue weighted by Crippen LogP contribution is -2.60. The number of aliphatic hydroxyl groups excluding tert-OH is 4. The number of pyridine rings is 1. The maximum Gasteiger partial charge on any atom is 0.231 e. The van der Waals surface area contributed by atoms with E-state index < -0.39 is 37.3 Å². The third-order valence-electron chi connectivity index (χ3n) is 7.93. The Kier molecular flexibility index (Phi) is 8.34. The van der Waals surface area contributed by atoms with Gasteiger partial charge in [0.25, 0.3) is 0 Å². The SMILES string of the molecule is COc1ccc2cc3[n+](cc2c1OC)CCc1cc2c(cc1-3)OCO2.[O-]c1ccc(O[C@@H]2O[C@H](CO)[C@@H](O)[C@H](O)[C@H]2O)cc1. The second-order valence-electron chi connectivity index (χ2n) is 10.6. The molecule has 1 saturated heterocycles. The zero-order chi connectivity index (χ0) is 31.0. The molecule has 0 bridgehead atoms. The highest BCUT2D eigenvalue weighted by Gasteiger charge is 2.44. The van der Waals surface area contributed by atoms with Crippen molar-refractivity contribution in [3.63, 3.8) is 0 Å². The molecule has 7 rings (SSSR count). The highest BCUT2D eigenvalue weighted by Crippen LogP contribution is 2.41. The Balaban J connectivity index is 0.000000163. The first-order chi connectivity index (χ1) is 21.3. The predicted octanol–water partition coefficient (Wildman–Crippen LogP) is 1.04. The smallest absolute Gasteiger partial charge is 0.231 e. The number of fused-ring (bicyclic) bond motifs is 5. The van der Waals surface area contributed by atoms with Gasteiger partial charge < -0.3 is 54.0 Å². The van der Waals surface area contributed by atoms with Gasteiger partial charge in [0, 0.05) is 12.5 Å². The van der Waals surface area contributed by atoms with E-state index in [0.717, 1.165) is 46.7 Å². The molecule has 0 saturated carbocycles. The Labute approximate surface area is 252 Å². The standard InChI is InChI=1S/C20H18NO4.C12H16O7/c1-22-17-4-3-12-7-16-14-9-19-18(24-11-25-19)8-13(14)5-6-21(16)10-15(12)20(17)23-2;13-5-8-9(15)10(16)11(17)12(19-8)18-7-3-1-6(14)2-4-7/h3-4,7-10H,5-6,11H2,1-2H3;1-4,8-17H,5H2/q+1;/p-1/t;8-,9-,10+,11-,12-/m.1/s1. The quantitative estimate of drug-likeness (QED) is 0.240. The summed E-state index contributed by atoms with van der Waals surface area (Å²) in [5.41, 5.74) is 3.68. The van der Waals surface area contributed by atoms with Crippen LogP contribution in [0.5, 0.6) is 34.5 Å². The third-order valence-corrected chi connectivity index (χ3v) is 7.93. The van der Waals surface area contributed by atoms with Crippen LogP contribution in [0.1, 0.15) is 5.56 Å². The van der Waals surface area contributed by atoms with Crippen molar-refractivity contribution in [2.75, 3.05) is 27.6 Å². The van der Waals surface area contributed by atoms with E-state index in [2.05, 4.69) is 35.0 Å². The van der Waals surface area contributed by atoms with Crippen molar-refractivity contribution in [2.45, 2.75) is 43.7 Å². The molecule has 3 aliphatic rings. The highest BCUT2D eigenvalue weighted by molar-refractivity contribution is 5.91. The first-order valence-electron chi connectivity index (χ1n) is 14.1. The lowest BCUT2D eigenvalue weighted by Gasteiger charge is -2.39. The summed E-state index contributed by atoms with van der Waals surface area (Å²) in [6.45, 7) is 0.690. The van der Waals surface area contributed by atoms with Gasteiger partial charge in [0.1, 0.15) is 30.2 Å². The van der Waals surface area contributed by atoms with Crippen LogP contribution in [0, 0.1) is 0 Å². The van der Waals surface area contributed by atoms with E-state index in [1.54, 1.807) is 14.2 Å². The lowest BCUT2D eigenvalue weighted by molar-refractivity contribution is -0.686. The predicted molar refractivity (Wildman–Crippen MR) is 153 cm³/mol. The number of hydrogen-bond donors (Lipinski definition) is 4. The fraction of sp³-hybridized carbons (Fsp3) is 0.344. The molecule has 232 valence electrons. The molecule has 0 aliphatic carbocycles. The molecule has 5 atom stereocenters. The van der Waals surface area contributed by atoms with E-state index in [-0.39, 0.29) is 11.5 Å². The average molecular weight is 608 g/mol. The molecule has 4 heterocycles. The molecular formula is C32H33NO11. The van der Waals surface area contributed by atoms with Crippen molar-refractivity contribution in [1.82, 2.24) is 0 Å². The number of aromatic nitrogens is 1. The Morgan fingerprint density at radius 1 is 0.909 bits per heavy atom. The van der Waals surface area contributed by atoms with E-state index >= 15 is 0 Å². The van der Waals surface area contributed by atoms with Crippen LogP contribution < -0.4 is 33.4 Å². The van der Waals surface area contributed by atoms with Crippen molar-refractivity contribution in [3.8, 4) is 45.8 Å². The summed E-state index contributed by atoms with van der Waals surface area (Å²) in [6, 6.07) is 15.8. The molecule has 12 heteroatoms. The van der Waals surface area contributed by atoms with Crippen LogP contribution in [-0.4, -0.2) is 78.8 Å². The normalized spacial score (nSPS) is 23.2. The number of aryl methyl sites for hydroxylation is 2. The molecular weight excluding hydrogens is 574 g/mol. The highest BCUT2D eigenvalue weighted by atomic mass is 16.7. The van der Waals surface area contributed by atoms with E-state index in [9.17, 15) is 20.4 Å². The largest absolute Gasteiger partial charge is 0.872 e. The van der Waals surface area contributed by atoms with Gasteiger partial charge in [-0.05, 0) is 47.3 Å². The summed E-state index contributed by atoms with van der Waals surface area (Å²) in [7, 11) is 3.34. The molecule has 1 fully saturated rings. The van der Waals surface area contributed by atoms with Gasteiger partial charge in [-0.3, -0.25) is 0 Å². The van der Waals surface area contributed by atoms with E-state index in [1.165, 1.54) is 41.1 Å². The Morgan fingerprint density at radius 3 is 2.36 bits per heavy atom. The molecule has 3 aromatic carbocycles. The lowest BCUT2D eigenvalue weighted by atomic mass is 9.95. The minimum Gasteiger partial charge on any atom is -0.872 e. The molecule has 1 aromatic heterocycles. The molecule has 3 aliphatic heterocycles. The summed E-state index contributed by atoms with van der Waals surface area (Å²) in [6.07, 6.45) is -3.54. The molecule has 44 heavy (non-hydrogen) atoms. The maximum absolute atomic E-state index is 10.9. The molecule has 12 nitrogen and oxygen atoms in total. The molecule has 0 radical (unpaired) electrons. The van der Waals surface area contributed by atoms with Crippen LogP contribution in [0.25, 0.3) is 22.0 Å². The monoisotopic (exact) mass is 607 g/mol. The minimum atomic E-state index is -1.49. The van der Waals surface area contributed by atoms with Crippen molar-refractivity contribution in [3.05, 3.63) is 66.4 Å². The van der Waals surface area contributed by atoms with Crippen molar-refractivity contribution in [2.24, 2.45) is 0 Å². The second kappa shape index (κ2) is 12.3. The first kappa shape index (κ1) is 29.7. The number of hydrogen-bond acceptors (Lipinski definition) is 11. The average Bonchev–Trinajstić information content (AvgIpc) is 3.51. The first-order valence-corrected chi connectivity index (χ1v) is 14.1. The summed E-state index contributed by atoms with van der Waals surface area (Å²) >= 11 is 0. The third kappa shape index (κ3) is 5.53. The van der Waals surface area contributed by atoms with Crippen LogP contribution in [0.3, 0.4) is 0 Å². The second-order valence-corrected chi connectivity index (χ2v) is 10.6. The van der Waals surface area contributed by atoms with E-state index in [1.807, 2.05) is 6.07 Å². The van der Waals surface area contributed by atoms with Crippen LogP contribution in [0.15, 0.2) is 60.8 Å².